The van der Waals surface area contributed by atoms with Crippen LogP contribution >= 0.6 is 23.4 Å². The third-order valence-electron chi connectivity index (χ3n) is 4.99. The lowest BCUT2D eigenvalue weighted by atomic mass is 9.92. The van der Waals surface area contributed by atoms with Crippen molar-refractivity contribution in [1.82, 2.24) is 9.88 Å². The van der Waals surface area contributed by atoms with Crippen molar-refractivity contribution >= 4 is 40.2 Å². The van der Waals surface area contributed by atoms with Gasteiger partial charge in [-0.3, -0.25) is 23.7 Å². The van der Waals surface area contributed by atoms with Crippen molar-refractivity contribution in [3.05, 3.63) is 62.5 Å². The number of halogens is 1. The van der Waals surface area contributed by atoms with E-state index in [-0.39, 0.29) is 16.5 Å². The summed E-state index contributed by atoms with van der Waals surface area (Å²) in [7, 11) is 0. The molecule has 1 amide bonds. The average molecular weight is 417 g/mol. The molecule has 1 aromatic carbocycles. The van der Waals surface area contributed by atoms with Gasteiger partial charge in [-0.25, -0.2) is 0 Å². The zero-order chi connectivity index (χ0) is 19.8. The Hall–Kier alpha value is -2.38. The maximum atomic E-state index is 13.2. The summed E-state index contributed by atoms with van der Waals surface area (Å²) < 4.78 is 1.42. The summed E-state index contributed by atoms with van der Waals surface area (Å²) in [5.41, 5.74) is 0.896. The van der Waals surface area contributed by atoms with Crippen LogP contribution in [0.25, 0.3) is 5.69 Å². The van der Waals surface area contributed by atoms with Gasteiger partial charge in [-0.05, 0) is 49.6 Å². The summed E-state index contributed by atoms with van der Waals surface area (Å²) in [6.07, 6.45) is 2.13. The van der Waals surface area contributed by atoms with Gasteiger partial charge in [0.15, 0.2) is 5.78 Å². The number of benzene rings is 1. The Balaban J connectivity index is 1.84. The first kappa shape index (κ1) is 19.0. The lowest BCUT2D eigenvalue weighted by molar-refractivity contribution is -0.112. The molecule has 2 heterocycles. The third kappa shape index (κ3) is 3.40. The van der Waals surface area contributed by atoms with Crippen molar-refractivity contribution in [3.63, 3.8) is 0 Å². The topological polar surface area (TPSA) is 85.2 Å². The predicted molar refractivity (Wildman–Crippen MR) is 108 cm³/mol. The highest BCUT2D eigenvalue weighted by Crippen LogP contribution is 2.25. The molecule has 0 saturated carbocycles. The van der Waals surface area contributed by atoms with Crippen molar-refractivity contribution in [1.29, 1.82) is 0 Å². The maximum absolute atomic E-state index is 13.2. The molecule has 8 heteroatoms. The SMILES string of the molecule is O=C1CCCc2c1cc(C(=O)NC1CCSC1=O)c(=O)n2-c1ccc(Cl)cc1. The van der Waals surface area contributed by atoms with Gasteiger partial charge in [-0.2, -0.15) is 0 Å². The number of amides is 1. The largest absolute Gasteiger partial charge is 0.341 e. The van der Waals surface area contributed by atoms with Gasteiger partial charge in [0.1, 0.15) is 5.56 Å². The van der Waals surface area contributed by atoms with E-state index in [0.717, 1.165) is 0 Å². The number of hydrogen-bond donors (Lipinski definition) is 1. The summed E-state index contributed by atoms with van der Waals surface area (Å²) in [5.74, 6) is -0.0817. The van der Waals surface area contributed by atoms with Crippen LogP contribution in [0.2, 0.25) is 5.02 Å². The Kier molecular flexibility index (Phi) is 5.12. The van der Waals surface area contributed by atoms with E-state index in [2.05, 4.69) is 5.32 Å². The van der Waals surface area contributed by atoms with E-state index in [1.165, 1.54) is 22.4 Å². The fourth-order valence-corrected chi connectivity index (χ4v) is 4.64. The molecule has 6 nitrogen and oxygen atoms in total. The van der Waals surface area contributed by atoms with Crippen LogP contribution in [-0.2, 0) is 11.2 Å². The number of pyridine rings is 1. The second-order valence-electron chi connectivity index (χ2n) is 6.79. The number of hydrogen-bond acceptors (Lipinski definition) is 5. The standard InChI is InChI=1S/C20H17ClN2O4S/c21-11-4-6-12(7-5-11)23-16-2-1-3-17(24)13(16)10-14(19(23)26)18(25)22-15-8-9-28-20(15)27/h4-7,10,15H,1-3,8-9H2,(H,22,25). The minimum absolute atomic E-state index is 0.0921. The molecule has 1 unspecified atom stereocenters. The fourth-order valence-electron chi connectivity index (χ4n) is 3.58. The normalized spacial score (nSPS) is 18.8. The molecule has 2 aromatic rings. The van der Waals surface area contributed by atoms with Gasteiger partial charge in [0.2, 0.25) is 5.12 Å². The molecule has 28 heavy (non-hydrogen) atoms. The van der Waals surface area contributed by atoms with Crippen LogP contribution in [-0.4, -0.2) is 33.2 Å². The molecule has 1 aliphatic carbocycles. The summed E-state index contributed by atoms with van der Waals surface area (Å²) in [5, 5.41) is 3.05. The molecule has 0 spiro atoms. The van der Waals surface area contributed by atoms with E-state index in [0.29, 0.717) is 53.4 Å². The number of aromatic nitrogens is 1. The predicted octanol–water partition coefficient (Wildman–Crippen LogP) is 2.77. The fraction of sp³-hybridized carbons (Fsp3) is 0.300. The summed E-state index contributed by atoms with van der Waals surface area (Å²) in [6.45, 7) is 0. The number of fused-ring (bicyclic) bond motifs is 1. The van der Waals surface area contributed by atoms with Crippen LogP contribution in [0.3, 0.4) is 0 Å². The highest BCUT2D eigenvalue weighted by Gasteiger charge is 2.30. The maximum Gasteiger partial charge on any atom is 0.268 e. The van der Waals surface area contributed by atoms with E-state index in [1.807, 2.05) is 0 Å². The monoisotopic (exact) mass is 416 g/mol. The van der Waals surface area contributed by atoms with Crippen molar-refractivity contribution < 1.29 is 14.4 Å². The Morgan fingerprint density at radius 1 is 1.14 bits per heavy atom. The van der Waals surface area contributed by atoms with Gasteiger partial charge in [0.05, 0.1) is 6.04 Å². The number of carbonyl (C=O) groups is 3. The first-order chi connectivity index (χ1) is 13.5. The second-order valence-corrected chi connectivity index (χ2v) is 8.33. The Morgan fingerprint density at radius 2 is 1.89 bits per heavy atom. The van der Waals surface area contributed by atoms with Gasteiger partial charge in [0, 0.05) is 34.1 Å². The molecule has 1 fully saturated rings. The van der Waals surface area contributed by atoms with Crippen LogP contribution in [0.5, 0.6) is 0 Å². The quantitative estimate of drug-likeness (QED) is 0.831. The summed E-state index contributed by atoms with van der Waals surface area (Å²) >= 11 is 7.12. The molecule has 1 N–H and O–H groups in total. The smallest absolute Gasteiger partial charge is 0.268 e. The molecule has 1 aromatic heterocycles. The minimum atomic E-state index is -0.630. The van der Waals surface area contributed by atoms with E-state index in [4.69, 9.17) is 11.6 Å². The summed E-state index contributed by atoms with van der Waals surface area (Å²) in [4.78, 5) is 50.3. The van der Waals surface area contributed by atoms with E-state index in [1.54, 1.807) is 24.3 Å². The molecular formula is C20H17ClN2O4S. The highest BCUT2D eigenvalue weighted by atomic mass is 35.5. The lowest BCUT2D eigenvalue weighted by Crippen LogP contribution is -2.41. The number of nitrogens with one attached hydrogen (secondary N) is 1. The van der Waals surface area contributed by atoms with Crippen LogP contribution in [0.15, 0.2) is 35.1 Å². The molecule has 4 rings (SSSR count). The van der Waals surface area contributed by atoms with Gasteiger partial charge in [0.25, 0.3) is 11.5 Å². The van der Waals surface area contributed by atoms with Crippen molar-refractivity contribution in [2.45, 2.75) is 31.7 Å². The number of nitrogens with zero attached hydrogens (tertiary/aromatic N) is 1. The zero-order valence-electron chi connectivity index (χ0n) is 14.9. The van der Waals surface area contributed by atoms with E-state index < -0.39 is 17.5 Å². The summed E-state index contributed by atoms with van der Waals surface area (Å²) in [6, 6.07) is 7.45. The molecule has 1 atom stereocenters. The van der Waals surface area contributed by atoms with Crippen LogP contribution in [0, 0.1) is 0 Å². The molecule has 2 aliphatic rings. The molecule has 144 valence electrons. The van der Waals surface area contributed by atoms with E-state index in [9.17, 15) is 19.2 Å². The average Bonchev–Trinajstić information content (AvgIpc) is 3.07. The van der Waals surface area contributed by atoms with Gasteiger partial charge < -0.3 is 5.32 Å². The molecule has 1 aliphatic heterocycles. The van der Waals surface area contributed by atoms with Crippen LogP contribution in [0.1, 0.15) is 45.7 Å². The van der Waals surface area contributed by atoms with Crippen molar-refractivity contribution in [3.8, 4) is 5.69 Å². The zero-order valence-corrected chi connectivity index (χ0v) is 16.4. The molecule has 0 bridgehead atoms. The van der Waals surface area contributed by atoms with Gasteiger partial charge >= 0.3 is 0 Å². The molecular weight excluding hydrogens is 400 g/mol. The number of ketones is 1. The Bertz CT molecular complexity index is 1050. The van der Waals surface area contributed by atoms with Crippen LogP contribution in [0.4, 0.5) is 0 Å². The first-order valence-corrected chi connectivity index (χ1v) is 10.4. The number of Topliss-reactive ketones (excluding diaryl/α,β-unsaturated/α-hetero) is 1. The lowest BCUT2D eigenvalue weighted by Gasteiger charge is -2.22. The Labute approximate surface area is 170 Å². The van der Waals surface area contributed by atoms with Crippen molar-refractivity contribution in [2.75, 3.05) is 5.75 Å². The van der Waals surface area contributed by atoms with Gasteiger partial charge in [-0.15, -0.1) is 0 Å². The third-order valence-corrected chi connectivity index (χ3v) is 6.25. The van der Waals surface area contributed by atoms with Crippen molar-refractivity contribution in [2.24, 2.45) is 0 Å². The first-order valence-electron chi connectivity index (χ1n) is 9.01. The van der Waals surface area contributed by atoms with E-state index >= 15 is 0 Å². The minimum Gasteiger partial charge on any atom is -0.341 e. The number of rotatable bonds is 3. The molecule has 0 radical (unpaired) electrons. The van der Waals surface area contributed by atoms with Gasteiger partial charge in [-0.1, -0.05) is 23.4 Å². The number of carbonyl (C=O) groups excluding carboxylic acids is 3. The van der Waals surface area contributed by atoms with Crippen LogP contribution < -0.4 is 10.9 Å². The Morgan fingerprint density at radius 3 is 2.57 bits per heavy atom. The number of thioether (sulfide) groups is 1. The highest BCUT2D eigenvalue weighted by molar-refractivity contribution is 8.14. The second kappa shape index (κ2) is 7.56. The molecule has 1 saturated heterocycles.